The third kappa shape index (κ3) is 1.42. The van der Waals surface area contributed by atoms with Gasteiger partial charge in [-0.25, -0.2) is 0 Å². The summed E-state index contributed by atoms with van der Waals surface area (Å²) >= 11 is 0. The Morgan fingerprint density at radius 2 is 2.18 bits per heavy atom. The Labute approximate surface area is 64.9 Å². The molecule has 1 heterocycles. The van der Waals surface area contributed by atoms with Crippen molar-refractivity contribution in [3.63, 3.8) is 0 Å². The van der Waals surface area contributed by atoms with Crippen molar-refractivity contribution in [1.29, 1.82) is 0 Å². The van der Waals surface area contributed by atoms with Crippen LogP contribution in [-0.4, -0.2) is 9.94 Å². The largest absolute Gasteiger partial charge is 0.425 e. The molecule has 1 N–H and O–H groups in total. The molecule has 11 heavy (non-hydrogen) atoms. The molecule has 0 saturated carbocycles. The molecule has 3 nitrogen and oxygen atoms in total. The summed E-state index contributed by atoms with van der Waals surface area (Å²) in [4.78, 5) is 11.1. The second kappa shape index (κ2) is 2.78. The monoisotopic (exact) mass is 153 g/mol. The van der Waals surface area contributed by atoms with Crippen LogP contribution in [0.5, 0.6) is 0 Å². The molecule has 0 aliphatic heterocycles. The maximum atomic E-state index is 11.1. The van der Waals surface area contributed by atoms with Crippen molar-refractivity contribution >= 4 is 0 Å². The molecule has 1 aromatic heterocycles. The molecule has 60 valence electrons. The number of pyridine rings is 1. The van der Waals surface area contributed by atoms with E-state index in [-0.39, 0.29) is 11.5 Å². The van der Waals surface area contributed by atoms with Crippen molar-refractivity contribution in [2.24, 2.45) is 0 Å². The minimum atomic E-state index is -0.331. The summed E-state index contributed by atoms with van der Waals surface area (Å²) in [6.45, 7) is 3.83. The molecule has 0 amide bonds. The van der Waals surface area contributed by atoms with E-state index in [1.165, 1.54) is 6.20 Å². The van der Waals surface area contributed by atoms with Crippen LogP contribution in [-0.2, 0) is 0 Å². The molecule has 0 aliphatic carbocycles. The average molecular weight is 153 g/mol. The summed E-state index contributed by atoms with van der Waals surface area (Å²) in [5, 5.41) is 8.95. The summed E-state index contributed by atoms with van der Waals surface area (Å²) in [5.41, 5.74) is 0.303. The van der Waals surface area contributed by atoms with E-state index in [0.717, 1.165) is 0 Å². The Kier molecular flexibility index (Phi) is 1.98. The Hall–Kier alpha value is -1.25. The van der Waals surface area contributed by atoms with Gasteiger partial charge in [0.2, 0.25) is 0 Å². The van der Waals surface area contributed by atoms with E-state index in [2.05, 4.69) is 0 Å². The predicted molar refractivity (Wildman–Crippen MR) is 42.0 cm³/mol. The van der Waals surface area contributed by atoms with Gasteiger partial charge in [0.1, 0.15) is 0 Å². The first-order chi connectivity index (χ1) is 5.13. The van der Waals surface area contributed by atoms with E-state index in [1.807, 2.05) is 13.8 Å². The molecule has 0 radical (unpaired) electrons. The minimum absolute atomic E-state index is 0.155. The number of hydrogen-bond donors (Lipinski definition) is 1. The summed E-state index contributed by atoms with van der Waals surface area (Å²) in [6, 6.07) is 3.37. The van der Waals surface area contributed by atoms with E-state index >= 15 is 0 Å². The summed E-state index contributed by atoms with van der Waals surface area (Å²) in [7, 11) is 0. The van der Waals surface area contributed by atoms with Crippen molar-refractivity contribution in [1.82, 2.24) is 4.73 Å². The van der Waals surface area contributed by atoms with Crippen molar-refractivity contribution in [3.8, 4) is 0 Å². The van der Waals surface area contributed by atoms with Crippen molar-refractivity contribution in [3.05, 3.63) is 34.2 Å². The van der Waals surface area contributed by atoms with Gasteiger partial charge in [0, 0.05) is 11.8 Å². The van der Waals surface area contributed by atoms with Crippen LogP contribution in [0.15, 0.2) is 23.1 Å². The summed E-state index contributed by atoms with van der Waals surface area (Å²) < 4.78 is 0.606. The molecule has 0 unspecified atom stereocenters. The first-order valence-electron chi connectivity index (χ1n) is 3.53. The molecule has 0 atom stereocenters. The molecule has 0 aromatic carbocycles. The van der Waals surface area contributed by atoms with Crippen LogP contribution in [0.1, 0.15) is 25.3 Å². The highest BCUT2D eigenvalue weighted by Crippen LogP contribution is 2.07. The van der Waals surface area contributed by atoms with E-state index in [9.17, 15) is 4.79 Å². The molecular formula is C8H11NO2. The van der Waals surface area contributed by atoms with Gasteiger partial charge in [-0.1, -0.05) is 19.9 Å². The molecule has 0 saturated heterocycles. The van der Waals surface area contributed by atoms with Crippen LogP contribution < -0.4 is 5.56 Å². The summed E-state index contributed by atoms with van der Waals surface area (Å²) in [6.07, 6.45) is 1.33. The molecular weight excluding hydrogens is 142 g/mol. The van der Waals surface area contributed by atoms with Gasteiger partial charge in [-0.05, 0) is 12.0 Å². The van der Waals surface area contributed by atoms with Crippen molar-refractivity contribution in [2.45, 2.75) is 19.8 Å². The van der Waals surface area contributed by atoms with Crippen LogP contribution in [0.2, 0.25) is 0 Å². The lowest BCUT2D eigenvalue weighted by Crippen LogP contribution is -2.21. The zero-order chi connectivity index (χ0) is 8.43. The normalized spacial score (nSPS) is 10.5. The standard InChI is InChI=1S/C8H11NO2/c1-6(2)7-4-3-5-9(11)8(7)10/h3-6,11H,1-2H3. The first-order valence-corrected chi connectivity index (χ1v) is 3.53. The van der Waals surface area contributed by atoms with Crippen LogP contribution in [0.4, 0.5) is 0 Å². The van der Waals surface area contributed by atoms with Crippen LogP contribution in [0, 0.1) is 0 Å². The van der Waals surface area contributed by atoms with Gasteiger partial charge in [-0.15, -0.1) is 0 Å². The van der Waals surface area contributed by atoms with Gasteiger partial charge in [-0.2, -0.15) is 4.73 Å². The highest BCUT2D eigenvalue weighted by molar-refractivity contribution is 5.13. The SMILES string of the molecule is CC(C)c1cccn(O)c1=O. The van der Waals surface area contributed by atoms with E-state index in [1.54, 1.807) is 12.1 Å². The van der Waals surface area contributed by atoms with Gasteiger partial charge in [-0.3, -0.25) is 4.79 Å². The van der Waals surface area contributed by atoms with E-state index < -0.39 is 0 Å². The topological polar surface area (TPSA) is 42.2 Å². The zero-order valence-corrected chi connectivity index (χ0v) is 6.61. The first kappa shape index (κ1) is 7.85. The minimum Gasteiger partial charge on any atom is -0.425 e. The molecule has 0 aliphatic rings. The quantitative estimate of drug-likeness (QED) is 0.616. The Morgan fingerprint density at radius 1 is 1.55 bits per heavy atom. The zero-order valence-electron chi connectivity index (χ0n) is 6.61. The van der Waals surface area contributed by atoms with E-state index in [4.69, 9.17) is 5.21 Å². The third-order valence-corrected chi connectivity index (χ3v) is 1.58. The lowest BCUT2D eigenvalue weighted by atomic mass is 10.1. The molecule has 0 spiro atoms. The second-order valence-electron chi connectivity index (χ2n) is 2.77. The Morgan fingerprint density at radius 3 is 2.64 bits per heavy atom. The Balaban J connectivity index is 3.28. The van der Waals surface area contributed by atoms with Crippen molar-refractivity contribution < 1.29 is 5.21 Å². The molecule has 0 bridgehead atoms. The molecule has 1 rings (SSSR count). The highest BCUT2D eigenvalue weighted by atomic mass is 16.5. The van der Waals surface area contributed by atoms with Crippen LogP contribution >= 0.6 is 0 Å². The van der Waals surface area contributed by atoms with Crippen molar-refractivity contribution in [2.75, 3.05) is 0 Å². The summed E-state index contributed by atoms with van der Waals surface area (Å²) in [5.74, 6) is 0.155. The number of nitrogens with zero attached hydrogens (tertiary/aromatic N) is 1. The van der Waals surface area contributed by atoms with Gasteiger partial charge in [0.25, 0.3) is 5.56 Å². The fourth-order valence-corrected chi connectivity index (χ4v) is 0.939. The predicted octanol–water partition coefficient (Wildman–Crippen LogP) is 1.21. The van der Waals surface area contributed by atoms with Gasteiger partial charge in [0.05, 0.1) is 0 Å². The lowest BCUT2D eigenvalue weighted by Gasteiger charge is -2.03. The molecule has 0 fully saturated rings. The van der Waals surface area contributed by atoms with Crippen LogP contribution in [0.3, 0.4) is 0 Å². The van der Waals surface area contributed by atoms with Gasteiger partial charge >= 0.3 is 0 Å². The number of rotatable bonds is 1. The Bertz CT molecular complexity index is 301. The smallest absolute Gasteiger partial charge is 0.286 e. The number of aromatic nitrogens is 1. The highest BCUT2D eigenvalue weighted by Gasteiger charge is 2.04. The maximum Gasteiger partial charge on any atom is 0.286 e. The number of hydrogen-bond acceptors (Lipinski definition) is 2. The molecule has 3 heteroatoms. The molecule has 1 aromatic rings. The van der Waals surface area contributed by atoms with E-state index in [0.29, 0.717) is 10.3 Å². The average Bonchev–Trinajstić information content (AvgIpc) is 1.94. The second-order valence-corrected chi connectivity index (χ2v) is 2.77. The van der Waals surface area contributed by atoms with Gasteiger partial charge in [0.15, 0.2) is 0 Å². The lowest BCUT2D eigenvalue weighted by molar-refractivity contribution is 0.173. The van der Waals surface area contributed by atoms with Crippen LogP contribution in [0.25, 0.3) is 0 Å². The van der Waals surface area contributed by atoms with Gasteiger partial charge < -0.3 is 5.21 Å². The fraction of sp³-hybridized carbons (Fsp3) is 0.375. The maximum absolute atomic E-state index is 11.1. The fourth-order valence-electron chi connectivity index (χ4n) is 0.939. The third-order valence-electron chi connectivity index (χ3n) is 1.58.